The Balaban J connectivity index is 2.02. The molecule has 0 atom stereocenters. The minimum Gasteiger partial charge on any atom is -0.542 e. The number of nitrogens with zero attached hydrogens (tertiary/aromatic N) is 1. The van der Waals surface area contributed by atoms with Crippen LogP contribution in [0.1, 0.15) is 27.0 Å². The molecule has 5 nitrogen and oxygen atoms in total. The summed E-state index contributed by atoms with van der Waals surface area (Å²) in [6.45, 7) is 5.21. The molecule has 146 valence electrons. The van der Waals surface area contributed by atoms with E-state index in [0.717, 1.165) is 16.3 Å². The normalized spacial score (nSPS) is 11.5. The first-order chi connectivity index (χ1) is 12.5. The van der Waals surface area contributed by atoms with Crippen LogP contribution in [0.3, 0.4) is 0 Å². The lowest BCUT2D eigenvalue weighted by Gasteiger charge is -2.23. The molecule has 0 spiro atoms. The molecule has 0 amide bonds. The van der Waals surface area contributed by atoms with Crippen LogP contribution >= 0.6 is 67.8 Å². The van der Waals surface area contributed by atoms with Crippen LogP contribution in [0.4, 0.5) is 0 Å². The van der Waals surface area contributed by atoms with Crippen molar-refractivity contribution in [3.63, 3.8) is 0 Å². The number of carbonyl (C=O) groups excluding carboxylic acids is 1. The Hall–Kier alpha value is 0.0100. The first-order valence-electron chi connectivity index (χ1n) is 7.86. The molecule has 0 aromatic heterocycles. The van der Waals surface area contributed by atoms with Gasteiger partial charge in [0.1, 0.15) is 10.0 Å². The maximum atomic E-state index is 12.5. The Morgan fingerprint density at radius 3 is 2.22 bits per heavy atom. The Labute approximate surface area is 200 Å². The van der Waals surface area contributed by atoms with Crippen molar-refractivity contribution >= 4 is 83.8 Å². The third-order valence-electron chi connectivity index (χ3n) is 3.66. The van der Waals surface area contributed by atoms with Crippen LogP contribution in [-0.4, -0.2) is 27.5 Å². The minimum absolute atomic E-state index is 0.0971. The molecular weight excluding hydrogens is 707 g/mol. The quantitative estimate of drug-likeness (QED) is 0.175. The lowest BCUT2D eigenvalue weighted by atomic mass is 10.1. The summed E-state index contributed by atoms with van der Waals surface area (Å²) in [6.07, 6.45) is 0. The van der Waals surface area contributed by atoms with Gasteiger partial charge >= 0.3 is 5.97 Å². The number of rotatable bonds is 6. The Bertz CT molecular complexity index is 967. The third kappa shape index (κ3) is 6.00. The van der Waals surface area contributed by atoms with Gasteiger partial charge in [-0.2, -0.15) is 0 Å². The predicted octanol–water partition coefficient (Wildman–Crippen LogP) is 5.35. The van der Waals surface area contributed by atoms with E-state index in [-0.39, 0.29) is 18.0 Å². The molecule has 0 aliphatic heterocycles. The molecule has 0 radical (unpaired) electrons. The molecule has 0 aliphatic rings. The van der Waals surface area contributed by atoms with E-state index in [0.29, 0.717) is 16.7 Å². The molecule has 2 aromatic carbocycles. The van der Waals surface area contributed by atoms with Crippen molar-refractivity contribution < 1.29 is 17.9 Å². The van der Waals surface area contributed by atoms with Crippen molar-refractivity contribution in [1.82, 2.24) is 0 Å². The molecule has 0 aliphatic carbocycles. The Morgan fingerprint density at radius 2 is 1.63 bits per heavy atom. The van der Waals surface area contributed by atoms with Crippen LogP contribution in [0.2, 0.25) is 0 Å². The molecule has 2 rings (SSSR count). The van der Waals surface area contributed by atoms with Gasteiger partial charge in [0.15, 0.2) is 0 Å². The summed E-state index contributed by atoms with van der Waals surface area (Å²) in [5.74, 6) is -0.480. The van der Waals surface area contributed by atoms with Crippen molar-refractivity contribution in [1.29, 1.82) is 0 Å². The molecular formula is C18H17I3NO4S-. The molecule has 0 N–H and O–H groups in total. The van der Waals surface area contributed by atoms with Gasteiger partial charge in [-0.15, -0.1) is 6.54 Å². The highest BCUT2D eigenvalue weighted by atomic mass is 127. The molecule has 0 heterocycles. The fourth-order valence-electron chi connectivity index (χ4n) is 2.72. The van der Waals surface area contributed by atoms with E-state index in [2.05, 4.69) is 72.5 Å². The summed E-state index contributed by atoms with van der Waals surface area (Å²) in [5.41, 5.74) is 2.80. The zero-order valence-corrected chi connectivity index (χ0v) is 22.1. The van der Waals surface area contributed by atoms with Crippen molar-refractivity contribution in [3.05, 3.63) is 62.0 Å². The highest BCUT2D eigenvalue weighted by Gasteiger charge is 2.15. The predicted molar refractivity (Wildman–Crippen MR) is 131 cm³/mol. The molecule has 0 fully saturated rings. The van der Waals surface area contributed by atoms with E-state index < -0.39 is 16.0 Å². The van der Waals surface area contributed by atoms with Crippen LogP contribution in [-0.2, 0) is 14.8 Å². The second kappa shape index (κ2) is 9.67. The third-order valence-corrected chi connectivity index (χ3v) is 9.01. The van der Waals surface area contributed by atoms with Crippen molar-refractivity contribution in [3.8, 4) is 0 Å². The van der Waals surface area contributed by atoms with Gasteiger partial charge < -0.3 is 9.46 Å². The zero-order chi connectivity index (χ0) is 20.4. The van der Waals surface area contributed by atoms with Gasteiger partial charge in [0, 0.05) is 10.7 Å². The second-order valence-electron chi connectivity index (χ2n) is 5.94. The largest absolute Gasteiger partial charge is 0.542 e. The van der Waals surface area contributed by atoms with E-state index in [4.69, 9.17) is 4.74 Å². The fourth-order valence-corrected chi connectivity index (χ4v) is 6.47. The van der Waals surface area contributed by atoms with Crippen LogP contribution in [0.15, 0.2) is 29.2 Å². The number of ether oxygens (including phenoxy) is 1. The number of carbonyl (C=O) groups is 1. The summed E-state index contributed by atoms with van der Waals surface area (Å²) >= 11 is 6.40. The zero-order valence-electron chi connectivity index (χ0n) is 14.8. The Kier molecular flexibility index (Phi) is 8.34. The molecule has 0 saturated heterocycles. The Morgan fingerprint density at radius 1 is 1.04 bits per heavy atom. The van der Waals surface area contributed by atoms with Gasteiger partial charge in [-0.05, 0) is 112 Å². The summed E-state index contributed by atoms with van der Waals surface area (Å²) < 4.78 is 36.8. The average Bonchev–Trinajstić information content (AvgIpc) is 2.53. The van der Waals surface area contributed by atoms with Gasteiger partial charge in [-0.25, -0.2) is 13.2 Å². The van der Waals surface area contributed by atoms with Gasteiger partial charge in [0.25, 0.3) is 0 Å². The van der Waals surface area contributed by atoms with Crippen molar-refractivity contribution in [2.45, 2.75) is 25.7 Å². The standard InChI is InChI=1S/C18H17I3NO4S/c1-10-6-11(2)17(12(3)7-10)27(24,25)22-4-5-26-18(23)14-8-13(19)9-15(20)16(14)21/h6-9H,4-5H2,1-3H3/q-1. The SMILES string of the molecule is Cc1cc(C)c(S(=O)(=O)[N-]CCOC(=O)c2cc(I)cc(I)c2I)c(C)c1. The molecule has 27 heavy (non-hydrogen) atoms. The van der Waals surface area contributed by atoms with Crippen LogP contribution < -0.4 is 0 Å². The van der Waals surface area contributed by atoms with E-state index in [1.807, 2.05) is 25.1 Å². The maximum Gasteiger partial charge on any atom is 0.339 e. The lowest BCUT2D eigenvalue weighted by molar-refractivity contribution is 0.0521. The summed E-state index contributed by atoms with van der Waals surface area (Å²) in [4.78, 5) is 12.5. The molecule has 0 unspecified atom stereocenters. The average molecular weight is 724 g/mol. The maximum absolute atomic E-state index is 12.5. The number of benzene rings is 2. The van der Waals surface area contributed by atoms with Crippen molar-refractivity contribution in [2.24, 2.45) is 0 Å². The minimum atomic E-state index is -3.79. The van der Waals surface area contributed by atoms with E-state index >= 15 is 0 Å². The van der Waals surface area contributed by atoms with Gasteiger partial charge in [0.05, 0.1) is 17.1 Å². The van der Waals surface area contributed by atoms with Crippen LogP contribution in [0.25, 0.3) is 4.72 Å². The van der Waals surface area contributed by atoms with E-state index in [9.17, 15) is 13.2 Å². The van der Waals surface area contributed by atoms with E-state index in [1.165, 1.54) is 0 Å². The van der Waals surface area contributed by atoms with Gasteiger partial charge in [-0.3, -0.25) is 0 Å². The summed E-state index contributed by atoms with van der Waals surface area (Å²) in [6, 6.07) is 7.35. The molecule has 2 aromatic rings. The topological polar surface area (TPSA) is 74.5 Å². The number of hydrogen-bond acceptors (Lipinski definition) is 4. The molecule has 9 heteroatoms. The number of sulfonamides is 1. The smallest absolute Gasteiger partial charge is 0.339 e. The summed E-state index contributed by atoms with van der Waals surface area (Å²) in [7, 11) is -3.79. The van der Waals surface area contributed by atoms with Gasteiger partial charge in [-0.1, -0.05) is 17.7 Å². The summed E-state index contributed by atoms with van der Waals surface area (Å²) in [5, 5.41) is 0. The van der Waals surface area contributed by atoms with E-state index in [1.54, 1.807) is 19.9 Å². The van der Waals surface area contributed by atoms with Crippen LogP contribution in [0, 0.1) is 31.5 Å². The highest BCUT2D eigenvalue weighted by Crippen LogP contribution is 2.26. The fraction of sp³-hybridized carbons (Fsp3) is 0.278. The number of aryl methyl sites for hydroxylation is 3. The highest BCUT2D eigenvalue weighted by molar-refractivity contribution is 14.1. The van der Waals surface area contributed by atoms with Crippen molar-refractivity contribution in [2.75, 3.05) is 13.2 Å². The first-order valence-corrected chi connectivity index (χ1v) is 12.5. The number of halogens is 3. The number of esters is 1. The second-order valence-corrected chi connectivity index (χ2v) is 11.0. The number of hydrogen-bond donors (Lipinski definition) is 0. The monoisotopic (exact) mass is 724 g/mol. The molecule has 0 saturated carbocycles. The first kappa shape index (κ1) is 23.3. The lowest BCUT2D eigenvalue weighted by Crippen LogP contribution is -2.13. The van der Waals surface area contributed by atoms with Crippen LogP contribution in [0.5, 0.6) is 0 Å². The van der Waals surface area contributed by atoms with Gasteiger partial charge in [0.2, 0.25) is 0 Å². The molecule has 0 bridgehead atoms.